The Morgan fingerprint density at radius 2 is 1.88 bits per heavy atom. The minimum atomic E-state index is -0.371. The fourth-order valence-electron chi connectivity index (χ4n) is 2.81. The van der Waals surface area contributed by atoms with Crippen LogP contribution in [0.25, 0.3) is 0 Å². The van der Waals surface area contributed by atoms with Crippen molar-refractivity contribution >= 4 is 11.8 Å². The van der Waals surface area contributed by atoms with Gasteiger partial charge in [0.1, 0.15) is 17.3 Å². The molecular weight excluding hydrogens is 332 g/mol. The van der Waals surface area contributed by atoms with Crippen LogP contribution in [0, 0.1) is 5.92 Å². The Kier molecular flexibility index (Phi) is 5.61. The maximum Gasteiger partial charge on any atom is 0.269 e. The van der Waals surface area contributed by atoms with Gasteiger partial charge in [0.25, 0.3) is 5.91 Å². The van der Waals surface area contributed by atoms with E-state index in [1.54, 1.807) is 24.3 Å². The van der Waals surface area contributed by atoms with Gasteiger partial charge < -0.3 is 9.15 Å². The average Bonchev–Trinajstić information content (AvgIpc) is 3.19. The Morgan fingerprint density at radius 3 is 2.54 bits per heavy atom. The van der Waals surface area contributed by atoms with Crippen molar-refractivity contribution in [1.82, 2.24) is 10.9 Å². The summed E-state index contributed by atoms with van der Waals surface area (Å²) in [7, 11) is 0. The van der Waals surface area contributed by atoms with Gasteiger partial charge in [-0.15, -0.1) is 0 Å². The van der Waals surface area contributed by atoms with E-state index in [2.05, 4.69) is 17.8 Å². The summed E-state index contributed by atoms with van der Waals surface area (Å²) in [6, 6.07) is 10.7. The molecule has 3 rings (SSSR count). The first-order chi connectivity index (χ1) is 12.6. The summed E-state index contributed by atoms with van der Waals surface area (Å²) in [5.74, 6) is 3.10. The van der Waals surface area contributed by atoms with E-state index >= 15 is 0 Å². The first-order valence-electron chi connectivity index (χ1n) is 8.97. The third-order valence-electron chi connectivity index (χ3n) is 4.50. The normalized spacial score (nSPS) is 18.2. The van der Waals surface area contributed by atoms with Crippen LogP contribution in [0.1, 0.15) is 54.5 Å². The van der Waals surface area contributed by atoms with Crippen molar-refractivity contribution in [3.05, 3.63) is 53.5 Å². The third-order valence-corrected chi connectivity index (χ3v) is 4.50. The van der Waals surface area contributed by atoms with Crippen molar-refractivity contribution in [3.8, 4) is 5.75 Å². The SMILES string of the molecule is CCOc1ccc(C(=O)NNC(=O)CCc2ccc(C3CC3C)o2)cc1. The summed E-state index contributed by atoms with van der Waals surface area (Å²) < 4.78 is 11.1. The molecule has 0 bridgehead atoms. The molecule has 26 heavy (non-hydrogen) atoms. The number of hydrogen-bond acceptors (Lipinski definition) is 4. The van der Waals surface area contributed by atoms with E-state index in [1.807, 2.05) is 19.1 Å². The van der Waals surface area contributed by atoms with Gasteiger partial charge in [-0.25, -0.2) is 0 Å². The average molecular weight is 356 g/mol. The fourth-order valence-corrected chi connectivity index (χ4v) is 2.81. The molecule has 1 aliphatic carbocycles. The quantitative estimate of drug-likeness (QED) is 0.747. The maximum atomic E-state index is 12.0. The van der Waals surface area contributed by atoms with Crippen LogP contribution in [0.5, 0.6) is 5.75 Å². The molecule has 6 nitrogen and oxygen atoms in total. The lowest BCUT2D eigenvalue weighted by Gasteiger charge is -2.08. The van der Waals surface area contributed by atoms with Crippen molar-refractivity contribution in [1.29, 1.82) is 0 Å². The molecule has 1 aromatic carbocycles. The molecule has 0 spiro atoms. The molecule has 6 heteroatoms. The number of nitrogens with one attached hydrogen (secondary N) is 2. The number of rotatable bonds is 7. The van der Waals surface area contributed by atoms with Crippen LogP contribution in [0.3, 0.4) is 0 Å². The van der Waals surface area contributed by atoms with E-state index in [9.17, 15) is 9.59 Å². The van der Waals surface area contributed by atoms with Crippen molar-refractivity contribution < 1.29 is 18.7 Å². The van der Waals surface area contributed by atoms with E-state index < -0.39 is 0 Å². The van der Waals surface area contributed by atoms with Crippen molar-refractivity contribution in [2.75, 3.05) is 6.61 Å². The molecule has 1 saturated carbocycles. The highest BCUT2D eigenvalue weighted by Crippen LogP contribution is 2.47. The summed E-state index contributed by atoms with van der Waals surface area (Å²) in [6.07, 6.45) is 1.92. The number of carbonyl (C=O) groups excluding carboxylic acids is 2. The van der Waals surface area contributed by atoms with Gasteiger partial charge in [-0.2, -0.15) is 0 Å². The monoisotopic (exact) mass is 356 g/mol. The van der Waals surface area contributed by atoms with Gasteiger partial charge in [0, 0.05) is 24.3 Å². The van der Waals surface area contributed by atoms with Gasteiger partial charge in [-0.1, -0.05) is 6.92 Å². The van der Waals surface area contributed by atoms with Crippen LogP contribution in [0.4, 0.5) is 0 Å². The molecule has 0 radical (unpaired) electrons. The number of furan rings is 1. The minimum absolute atomic E-state index is 0.247. The summed E-state index contributed by atoms with van der Waals surface area (Å²) in [4.78, 5) is 23.9. The van der Waals surface area contributed by atoms with Crippen LogP contribution >= 0.6 is 0 Å². The molecule has 0 saturated heterocycles. The number of amides is 2. The molecule has 2 amide bonds. The number of hydrazine groups is 1. The van der Waals surface area contributed by atoms with Gasteiger partial charge in [0.2, 0.25) is 5.91 Å². The number of ether oxygens (including phenoxy) is 1. The van der Waals surface area contributed by atoms with E-state index in [0.717, 1.165) is 11.5 Å². The lowest BCUT2D eigenvalue weighted by molar-refractivity contribution is -0.121. The van der Waals surface area contributed by atoms with Crippen molar-refractivity contribution in [2.45, 2.75) is 39.0 Å². The predicted octanol–water partition coefficient (Wildman–Crippen LogP) is 3.20. The summed E-state index contributed by atoms with van der Waals surface area (Å²) >= 11 is 0. The second kappa shape index (κ2) is 8.08. The van der Waals surface area contributed by atoms with E-state index in [1.165, 1.54) is 6.42 Å². The van der Waals surface area contributed by atoms with Gasteiger partial charge in [0.15, 0.2) is 0 Å². The van der Waals surface area contributed by atoms with E-state index in [-0.39, 0.29) is 18.2 Å². The number of aryl methyl sites for hydroxylation is 1. The van der Waals surface area contributed by atoms with E-state index in [0.29, 0.717) is 36.2 Å². The zero-order chi connectivity index (χ0) is 18.5. The van der Waals surface area contributed by atoms with Crippen LogP contribution < -0.4 is 15.6 Å². The van der Waals surface area contributed by atoms with Gasteiger partial charge in [-0.05, 0) is 55.7 Å². The smallest absolute Gasteiger partial charge is 0.269 e. The molecule has 2 aromatic rings. The first kappa shape index (κ1) is 18.0. The van der Waals surface area contributed by atoms with Crippen LogP contribution in [0.15, 0.2) is 40.8 Å². The van der Waals surface area contributed by atoms with Crippen LogP contribution in [0.2, 0.25) is 0 Å². The highest BCUT2D eigenvalue weighted by atomic mass is 16.5. The minimum Gasteiger partial charge on any atom is -0.494 e. The second-order valence-electron chi connectivity index (χ2n) is 6.58. The zero-order valence-corrected chi connectivity index (χ0v) is 15.1. The Bertz CT molecular complexity index is 766. The molecule has 0 aliphatic heterocycles. The van der Waals surface area contributed by atoms with Crippen molar-refractivity contribution in [3.63, 3.8) is 0 Å². The summed E-state index contributed by atoms with van der Waals surface area (Å²) in [5.41, 5.74) is 5.29. The van der Waals surface area contributed by atoms with Gasteiger partial charge >= 0.3 is 0 Å². The fraction of sp³-hybridized carbons (Fsp3) is 0.400. The lowest BCUT2D eigenvalue weighted by atomic mass is 10.2. The van der Waals surface area contributed by atoms with Gasteiger partial charge in [0.05, 0.1) is 6.61 Å². The summed E-state index contributed by atoms with van der Waals surface area (Å²) in [6.45, 7) is 4.66. The first-order valence-corrected chi connectivity index (χ1v) is 8.97. The summed E-state index contributed by atoms with van der Waals surface area (Å²) in [5, 5.41) is 0. The molecular formula is C20H24N2O4. The third kappa shape index (κ3) is 4.65. The van der Waals surface area contributed by atoms with Crippen molar-refractivity contribution in [2.24, 2.45) is 5.92 Å². The Labute approximate surface area is 152 Å². The number of hydrogen-bond donors (Lipinski definition) is 2. The lowest BCUT2D eigenvalue weighted by Crippen LogP contribution is -2.41. The topological polar surface area (TPSA) is 80.6 Å². The maximum absolute atomic E-state index is 12.0. The largest absolute Gasteiger partial charge is 0.494 e. The Hall–Kier alpha value is -2.76. The van der Waals surface area contributed by atoms with Crippen LogP contribution in [-0.4, -0.2) is 18.4 Å². The van der Waals surface area contributed by atoms with Gasteiger partial charge in [-0.3, -0.25) is 20.4 Å². The molecule has 2 unspecified atom stereocenters. The molecule has 138 valence electrons. The molecule has 2 N–H and O–H groups in total. The van der Waals surface area contributed by atoms with Crippen LogP contribution in [-0.2, 0) is 11.2 Å². The second-order valence-corrected chi connectivity index (χ2v) is 6.58. The van der Waals surface area contributed by atoms with E-state index in [4.69, 9.17) is 9.15 Å². The Morgan fingerprint density at radius 1 is 1.15 bits per heavy atom. The standard InChI is InChI=1S/C20H24N2O4/c1-3-25-15-6-4-14(5-7-15)20(24)22-21-19(23)11-9-16-8-10-18(26-16)17-12-13(17)2/h4-8,10,13,17H,3,9,11-12H2,1-2H3,(H,21,23)(H,22,24). The highest BCUT2D eigenvalue weighted by Gasteiger charge is 2.36. The highest BCUT2D eigenvalue weighted by molar-refractivity contribution is 5.95. The number of carbonyl (C=O) groups is 2. The molecule has 1 fully saturated rings. The molecule has 1 heterocycles. The molecule has 1 aliphatic rings. The number of benzene rings is 1. The molecule has 1 aromatic heterocycles. The zero-order valence-electron chi connectivity index (χ0n) is 15.1. The Balaban J connectivity index is 1.40. The predicted molar refractivity (Wildman–Crippen MR) is 96.8 cm³/mol. The molecule has 2 atom stereocenters.